The summed E-state index contributed by atoms with van der Waals surface area (Å²) in [6.07, 6.45) is -1.12. The first-order valence-electron chi connectivity index (χ1n) is 14.1. The molecule has 236 valence electrons. The fourth-order valence-corrected chi connectivity index (χ4v) is 4.45. The largest absolute Gasteiger partial charge is 0.497 e. The van der Waals surface area contributed by atoms with E-state index in [-0.39, 0.29) is 31.9 Å². The molecule has 12 heteroatoms. The van der Waals surface area contributed by atoms with Gasteiger partial charge < -0.3 is 33.5 Å². The van der Waals surface area contributed by atoms with Gasteiger partial charge in [-0.05, 0) is 69.2 Å². The van der Waals surface area contributed by atoms with E-state index >= 15 is 0 Å². The number of aliphatic hydroxyl groups excluding tert-OH is 1. The summed E-state index contributed by atoms with van der Waals surface area (Å²) in [4.78, 5) is 31.8. The Hall–Kier alpha value is -3.71. The van der Waals surface area contributed by atoms with Crippen molar-refractivity contribution < 1.29 is 43.1 Å². The monoisotopic (exact) mass is 601 g/mol. The van der Waals surface area contributed by atoms with Crippen molar-refractivity contribution in [3.8, 4) is 11.5 Å². The molecule has 0 aliphatic carbocycles. The summed E-state index contributed by atoms with van der Waals surface area (Å²) in [5, 5.41) is 9.02. The van der Waals surface area contributed by atoms with E-state index < -0.39 is 35.4 Å². The van der Waals surface area contributed by atoms with Crippen LogP contribution in [-0.2, 0) is 28.5 Å². The summed E-state index contributed by atoms with van der Waals surface area (Å²) in [7, 11) is 4.53. The summed E-state index contributed by atoms with van der Waals surface area (Å²) >= 11 is 0. The number of rotatable bonds is 16. The zero-order valence-electron chi connectivity index (χ0n) is 25.7. The summed E-state index contributed by atoms with van der Waals surface area (Å²) in [5.41, 5.74) is 4.54. The topological polar surface area (TPSA) is 146 Å². The van der Waals surface area contributed by atoms with E-state index in [1.165, 1.54) is 14.2 Å². The third kappa shape index (κ3) is 9.39. The predicted octanol–water partition coefficient (Wildman–Crippen LogP) is 3.07. The molecule has 0 unspecified atom stereocenters. The number of hydrogen-bond acceptors (Lipinski definition) is 11. The lowest BCUT2D eigenvalue weighted by Gasteiger charge is -2.31. The third-order valence-electron chi connectivity index (χ3n) is 6.55. The van der Waals surface area contributed by atoms with Crippen LogP contribution in [0.2, 0.25) is 0 Å². The number of benzene rings is 2. The van der Waals surface area contributed by atoms with Crippen molar-refractivity contribution in [3.05, 3.63) is 59.7 Å². The number of ether oxygens (including phenoxy) is 6. The first-order valence-corrected chi connectivity index (χ1v) is 14.1. The minimum Gasteiger partial charge on any atom is -0.497 e. The highest BCUT2D eigenvalue weighted by atomic mass is 16.7. The van der Waals surface area contributed by atoms with Gasteiger partial charge in [0.15, 0.2) is 17.9 Å². The molecular weight excluding hydrogens is 558 g/mol. The van der Waals surface area contributed by atoms with Crippen molar-refractivity contribution in [2.45, 2.75) is 63.6 Å². The molecule has 0 spiro atoms. The average Bonchev–Trinajstić information content (AvgIpc) is 3.39. The zero-order chi connectivity index (χ0) is 31.5. The maximum atomic E-state index is 14.1. The number of nitrogens with one attached hydrogen (secondary N) is 2. The molecule has 0 aromatic heterocycles. The summed E-state index contributed by atoms with van der Waals surface area (Å²) in [5.74, 6) is 0.420. The molecule has 1 aliphatic rings. The first kappa shape index (κ1) is 33.8. The lowest BCUT2D eigenvalue weighted by atomic mass is 9.83. The number of amides is 1. The number of aliphatic imine (C=N–C) groups is 1. The van der Waals surface area contributed by atoms with Crippen molar-refractivity contribution in [2.75, 3.05) is 41.1 Å². The van der Waals surface area contributed by atoms with Crippen LogP contribution in [0.4, 0.5) is 0 Å². The molecule has 0 saturated heterocycles. The van der Waals surface area contributed by atoms with E-state index in [0.29, 0.717) is 35.7 Å². The molecule has 2 atom stereocenters. The highest BCUT2D eigenvalue weighted by Crippen LogP contribution is 2.44. The molecule has 1 amide bonds. The predicted molar refractivity (Wildman–Crippen MR) is 159 cm³/mol. The highest BCUT2D eigenvalue weighted by Gasteiger charge is 2.53. The summed E-state index contributed by atoms with van der Waals surface area (Å²) in [6, 6.07) is 14.2. The van der Waals surface area contributed by atoms with E-state index in [9.17, 15) is 9.59 Å². The average molecular weight is 602 g/mol. The Balaban J connectivity index is 2.02. The molecule has 12 nitrogen and oxygen atoms in total. The van der Waals surface area contributed by atoms with Crippen molar-refractivity contribution >= 4 is 17.8 Å². The number of carbonyl (C=O) groups is 2. The van der Waals surface area contributed by atoms with Crippen LogP contribution in [0.3, 0.4) is 0 Å². The van der Waals surface area contributed by atoms with Crippen molar-refractivity contribution in [3.63, 3.8) is 0 Å². The Bertz CT molecular complexity index is 1230. The van der Waals surface area contributed by atoms with Crippen LogP contribution in [-0.4, -0.2) is 81.4 Å². The lowest BCUT2D eigenvalue weighted by Crippen LogP contribution is -2.54. The number of hydrogen-bond donors (Lipinski definition) is 3. The number of esters is 1. The smallest absolute Gasteiger partial charge is 0.306 e. The molecule has 0 saturated carbocycles. The summed E-state index contributed by atoms with van der Waals surface area (Å²) in [6.45, 7) is 5.91. The molecule has 0 bridgehead atoms. The van der Waals surface area contributed by atoms with Crippen LogP contribution in [0.15, 0.2) is 53.5 Å². The van der Waals surface area contributed by atoms with Gasteiger partial charge in [0, 0.05) is 39.2 Å². The molecule has 1 heterocycles. The summed E-state index contributed by atoms with van der Waals surface area (Å²) < 4.78 is 33.5. The Morgan fingerprint density at radius 2 is 1.79 bits per heavy atom. The van der Waals surface area contributed by atoms with Gasteiger partial charge in [-0.25, -0.2) is 10.4 Å². The highest BCUT2D eigenvalue weighted by molar-refractivity contribution is 6.01. The molecule has 3 N–H and O–H groups in total. The van der Waals surface area contributed by atoms with Crippen LogP contribution in [0.1, 0.15) is 57.3 Å². The Morgan fingerprint density at radius 1 is 1.07 bits per heavy atom. The van der Waals surface area contributed by atoms with Crippen LogP contribution in [0.5, 0.6) is 11.5 Å². The zero-order valence-corrected chi connectivity index (χ0v) is 25.7. The van der Waals surface area contributed by atoms with Gasteiger partial charge in [-0.3, -0.25) is 15.0 Å². The minimum atomic E-state index is -1.57. The van der Waals surface area contributed by atoms with Crippen LogP contribution in [0, 0.1) is 0 Å². The van der Waals surface area contributed by atoms with E-state index in [2.05, 4.69) is 10.9 Å². The van der Waals surface area contributed by atoms with Gasteiger partial charge >= 0.3 is 5.97 Å². The van der Waals surface area contributed by atoms with Gasteiger partial charge in [-0.15, -0.1) is 0 Å². The molecule has 2 aromatic carbocycles. The standard InChI is InChI=1S/C31H43N3O9/c1-30(2,3)43-25(36)15-16-31(29(37)34-32-20-26(39-5)40-6)27(22-9-7-10-24(19-22)38-4)42-28(33-31)21-11-13-23(14-12-21)41-18-8-17-35/h7,9-14,19,26-27,32,35H,8,15-18,20H2,1-6H3,(H,34,37)/t27-,31-/m0/s1. The number of aliphatic hydroxyl groups is 1. The molecular formula is C31H43N3O9. The van der Waals surface area contributed by atoms with Gasteiger partial charge in [0.25, 0.3) is 5.91 Å². The third-order valence-corrected chi connectivity index (χ3v) is 6.55. The fraction of sp³-hybridized carbons (Fsp3) is 0.516. The fourth-order valence-electron chi connectivity index (χ4n) is 4.45. The van der Waals surface area contributed by atoms with Gasteiger partial charge in [-0.1, -0.05) is 12.1 Å². The maximum Gasteiger partial charge on any atom is 0.306 e. The molecule has 43 heavy (non-hydrogen) atoms. The quantitative estimate of drug-likeness (QED) is 0.114. The second kappa shape index (κ2) is 15.7. The normalized spacial score (nSPS) is 18.1. The Morgan fingerprint density at radius 3 is 2.42 bits per heavy atom. The Kier molecular flexibility index (Phi) is 12.3. The lowest BCUT2D eigenvalue weighted by molar-refractivity contribution is -0.155. The number of carbonyl (C=O) groups excluding carboxylic acids is 2. The SMILES string of the molecule is COc1cccc([C@@H]2OC(c3ccc(OCCCO)cc3)=N[C@]2(CCC(=O)OC(C)(C)C)C(=O)NNCC(OC)OC)c1. The van der Waals surface area contributed by atoms with Gasteiger partial charge in [0.05, 0.1) is 20.3 Å². The van der Waals surface area contributed by atoms with Gasteiger partial charge in [0.1, 0.15) is 17.1 Å². The maximum absolute atomic E-state index is 14.1. The van der Waals surface area contributed by atoms with Gasteiger partial charge in [-0.2, -0.15) is 0 Å². The van der Waals surface area contributed by atoms with Gasteiger partial charge in [0.2, 0.25) is 5.90 Å². The molecule has 3 rings (SSSR count). The van der Waals surface area contributed by atoms with E-state index in [4.69, 9.17) is 38.5 Å². The molecule has 1 aliphatic heterocycles. The van der Waals surface area contributed by atoms with Crippen LogP contribution < -0.4 is 20.3 Å². The van der Waals surface area contributed by atoms with Crippen LogP contribution >= 0.6 is 0 Å². The van der Waals surface area contributed by atoms with E-state index in [1.807, 2.05) is 6.07 Å². The number of nitrogens with zero attached hydrogens (tertiary/aromatic N) is 1. The van der Waals surface area contributed by atoms with Crippen molar-refractivity contribution in [1.82, 2.24) is 10.9 Å². The second-order valence-electron chi connectivity index (χ2n) is 10.9. The molecule has 0 fully saturated rings. The van der Waals surface area contributed by atoms with Crippen molar-refractivity contribution in [2.24, 2.45) is 4.99 Å². The first-order chi connectivity index (χ1) is 20.5. The second-order valence-corrected chi connectivity index (χ2v) is 10.9. The number of hydrazine groups is 1. The number of methoxy groups -OCH3 is 3. The Labute approximate surface area is 252 Å². The molecule has 0 radical (unpaired) electrons. The van der Waals surface area contributed by atoms with Crippen LogP contribution in [0.25, 0.3) is 0 Å². The van der Waals surface area contributed by atoms with E-state index in [0.717, 1.165) is 0 Å². The van der Waals surface area contributed by atoms with Crippen molar-refractivity contribution in [1.29, 1.82) is 0 Å². The molecule has 2 aromatic rings. The minimum absolute atomic E-state index is 0.0128. The van der Waals surface area contributed by atoms with E-state index in [1.54, 1.807) is 70.3 Å².